The SMILES string of the molecule is CCOC(=O)C(CC)c1nc(-c2cccs2)n[nH]1. The molecule has 0 aliphatic carbocycles. The molecular weight excluding hydrogens is 250 g/mol. The van der Waals surface area contributed by atoms with E-state index in [0.717, 1.165) is 4.88 Å². The van der Waals surface area contributed by atoms with E-state index < -0.39 is 0 Å². The minimum absolute atomic E-state index is 0.256. The molecule has 0 radical (unpaired) electrons. The Labute approximate surface area is 109 Å². The molecule has 0 aliphatic heterocycles. The maximum Gasteiger partial charge on any atom is 0.316 e. The molecule has 0 saturated heterocycles. The minimum atomic E-state index is -0.369. The molecule has 0 spiro atoms. The molecule has 0 saturated carbocycles. The molecule has 0 aliphatic rings. The molecule has 96 valence electrons. The molecule has 0 aromatic carbocycles. The van der Waals surface area contributed by atoms with Crippen molar-refractivity contribution in [3.05, 3.63) is 23.3 Å². The van der Waals surface area contributed by atoms with Gasteiger partial charge in [0.15, 0.2) is 5.82 Å². The highest BCUT2D eigenvalue weighted by Gasteiger charge is 2.24. The largest absolute Gasteiger partial charge is 0.465 e. The van der Waals surface area contributed by atoms with Crippen molar-refractivity contribution in [2.45, 2.75) is 26.2 Å². The van der Waals surface area contributed by atoms with E-state index in [1.165, 1.54) is 0 Å². The minimum Gasteiger partial charge on any atom is -0.465 e. The highest BCUT2D eigenvalue weighted by molar-refractivity contribution is 7.13. The molecule has 1 atom stereocenters. The first kappa shape index (κ1) is 12.8. The van der Waals surface area contributed by atoms with E-state index in [-0.39, 0.29) is 11.9 Å². The molecule has 2 aromatic rings. The summed E-state index contributed by atoms with van der Waals surface area (Å²) in [4.78, 5) is 17.1. The van der Waals surface area contributed by atoms with Crippen LogP contribution in [-0.2, 0) is 9.53 Å². The summed E-state index contributed by atoms with van der Waals surface area (Å²) < 4.78 is 5.03. The second kappa shape index (κ2) is 5.77. The van der Waals surface area contributed by atoms with Crippen LogP contribution in [0.15, 0.2) is 17.5 Å². The maximum absolute atomic E-state index is 11.8. The molecule has 1 N–H and O–H groups in total. The van der Waals surface area contributed by atoms with Crippen molar-refractivity contribution in [3.8, 4) is 10.7 Å². The van der Waals surface area contributed by atoms with Gasteiger partial charge in [-0.3, -0.25) is 9.89 Å². The molecule has 5 nitrogen and oxygen atoms in total. The predicted molar refractivity (Wildman–Crippen MR) is 69.4 cm³/mol. The Morgan fingerprint density at radius 1 is 1.56 bits per heavy atom. The molecule has 6 heteroatoms. The fraction of sp³-hybridized carbons (Fsp3) is 0.417. The number of ether oxygens (including phenoxy) is 1. The number of carbonyl (C=O) groups excluding carboxylic acids is 1. The van der Waals surface area contributed by atoms with Crippen LogP contribution in [0.2, 0.25) is 0 Å². The van der Waals surface area contributed by atoms with E-state index in [1.54, 1.807) is 18.3 Å². The molecule has 1 unspecified atom stereocenters. The van der Waals surface area contributed by atoms with Gasteiger partial charge in [0.1, 0.15) is 11.7 Å². The number of nitrogens with one attached hydrogen (secondary N) is 1. The van der Waals surface area contributed by atoms with Crippen LogP contribution in [0.1, 0.15) is 32.0 Å². The highest BCUT2D eigenvalue weighted by atomic mass is 32.1. The zero-order valence-corrected chi connectivity index (χ0v) is 11.2. The number of carbonyl (C=O) groups is 1. The van der Waals surface area contributed by atoms with E-state index in [2.05, 4.69) is 15.2 Å². The number of rotatable bonds is 5. The van der Waals surface area contributed by atoms with Gasteiger partial charge in [-0.15, -0.1) is 11.3 Å². The molecule has 0 amide bonds. The Bertz CT molecular complexity index is 507. The van der Waals surface area contributed by atoms with Crippen LogP contribution in [0.5, 0.6) is 0 Å². The normalized spacial score (nSPS) is 12.3. The Balaban J connectivity index is 2.20. The van der Waals surface area contributed by atoms with Gasteiger partial charge in [-0.2, -0.15) is 5.10 Å². The number of hydrogen-bond acceptors (Lipinski definition) is 5. The zero-order valence-electron chi connectivity index (χ0n) is 10.3. The van der Waals surface area contributed by atoms with Crippen molar-refractivity contribution in [1.29, 1.82) is 0 Å². The summed E-state index contributed by atoms with van der Waals surface area (Å²) in [6, 6.07) is 3.89. The third-order valence-corrected chi connectivity index (χ3v) is 3.42. The van der Waals surface area contributed by atoms with E-state index >= 15 is 0 Å². The molecule has 2 aromatic heterocycles. The molecule has 18 heavy (non-hydrogen) atoms. The highest BCUT2D eigenvalue weighted by Crippen LogP contribution is 2.24. The van der Waals surface area contributed by atoms with Crippen molar-refractivity contribution in [2.24, 2.45) is 0 Å². The van der Waals surface area contributed by atoms with Gasteiger partial charge in [0, 0.05) is 0 Å². The molecule has 0 fully saturated rings. The van der Waals surface area contributed by atoms with Crippen molar-refractivity contribution in [2.75, 3.05) is 6.61 Å². The quantitative estimate of drug-likeness (QED) is 0.844. The summed E-state index contributed by atoms with van der Waals surface area (Å²) in [5, 5.41) is 8.93. The topological polar surface area (TPSA) is 67.9 Å². The zero-order chi connectivity index (χ0) is 13.0. The lowest BCUT2D eigenvalue weighted by atomic mass is 10.1. The number of thiophene rings is 1. The Morgan fingerprint density at radius 2 is 2.39 bits per heavy atom. The Hall–Kier alpha value is -1.69. The summed E-state index contributed by atoms with van der Waals surface area (Å²) >= 11 is 1.57. The van der Waals surface area contributed by atoms with Crippen LogP contribution in [0.3, 0.4) is 0 Å². The van der Waals surface area contributed by atoms with Crippen LogP contribution in [0.4, 0.5) is 0 Å². The van der Waals surface area contributed by atoms with Gasteiger partial charge < -0.3 is 4.74 Å². The van der Waals surface area contributed by atoms with Gasteiger partial charge in [0.2, 0.25) is 0 Å². The number of nitrogens with zero attached hydrogens (tertiary/aromatic N) is 2. The lowest BCUT2D eigenvalue weighted by Gasteiger charge is -2.09. The van der Waals surface area contributed by atoms with Gasteiger partial charge in [0.25, 0.3) is 0 Å². The molecule has 2 rings (SSSR count). The average Bonchev–Trinajstić information content (AvgIpc) is 3.00. The number of H-pyrrole nitrogens is 1. The van der Waals surface area contributed by atoms with Crippen LogP contribution < -0.4 is 0 Å². The van der Waals surface area contributed by atoms with Gasteiger partial charge in [-0.05, 0) is 24.8 Å². The summed E-state index contributed by atoms with van der Waals surface area (Å²) in [6.07, 6.45) is 0.637. The smallest absolute Gasteiger partial charge is 0.316 e. The van der Waals surface area contributed by atoms with E-state index in [1.807, 2.05) is 24.4 Å². The standard InChI is InChI=1S/C12H15N3O2S/c1-3-8(12(16)17-4-2)10-13-11(15-14-10)9-6-5-7-18-9/h5-8H,3-4H2,1-2H3,(H,13,14,15). The van der Waals surface area contributed by atoms with Gasteiger partial charge in [0.05, 0.1) is 11.5 Å². The fourth-order valence-corrected chi connectivity index (χ4v) is 2.32. The van der Waals surface area contributed by atoms with Gasteiger partial charge in [-0.25, -0.2) is 4.98 Å². The first-order valence-corrected chi connectivity index (χ1v) is 6.77. The summed E-state index contributed by atoms with van der Waals surface area (Å²) in [6.45, 7) is 4.10. The van der Waals surface area contributed by atoms with E-state index in [4.69, 9.17) is 4.74 Å². The van der Waals surface area contributed by atoms with Crippen molar-refractivity contribution < 1.29 is 9.53 Å². The molecule has 2 heterocycles. The van der Waals surface area contributed by atoms with Crippen LogP contribution in [0.25, 0.3) is 10.7 Å². The van der Waals surface area contributed by atoms with Crippen molar-refractivity contribution in [1.82, 2.24) is 15.2 Å². The molecule has 0 bridgehead atoms. The lowest BCUT2D eigenvalue weighted by Crippen LogP contribution is -2.16. The van der Waals surface area contributed by atoms with Crippen molar-refractivity contribution in [3.63, 3.8) is 0 Å². The van der Waals surface area contributed by atoms with E-state index in [9.17, 15) is 4.79 Å². The van der Waals surface area contributed by atoms with Gasteiger partial charge >= 0.3 is 5.97 Å². The number of aromatic amines is 1. The number of hydrogen-bond donors (Lipinski definition) is 1. The predicted octanol–water partition coefficient (Wildman–Crippen LogP) is 2.59. The Kier molecular flexibility index (Phi) is 4.09. The van der Waals surface area contributed by atoms with E-state index in [0.29, 0.717) is 24.7 Å². The first-order valence-electron chi connectivity index (χ1n) is 5.89. The first-order chi connectivity index (χ1) is 8.76. The van der Waals surface area contributed by atoms with Crippen LogP contribution >= 0.6 is 11.3 Å². The van der Waals surface area contributed by atoms with Crippen LogP contribution in [-0.4, -0.2) is 27.8 Å². The fourth-order valence-electron chi connectivity index (χ4n) is 1.66. The number of aromatic nitrogens is 3. The molecular formula is C12H15N3O2S. The number of esters is 1. The monoisotopic (exact) mass is 265 g/mol. The van der Waals surface area contributed by atoms with Gasteiger partial charge in [-0.1, -0.05) is 13.0 Å². The third-order valence-electron chi connectivity index (χ3n) is 2.55. The maximum atomic E-state index is 11.8. The van der Waals surface area contributed by atoms with Crippen LogP contribution in [0, 0.1) is 0 Å². The summed E-state index contributed by atoms with van der Waals surface area (Å²) in [5.41, 5.74) is 0. The summed E-state index contributed by atoms with van der Waals surface area (Å²) in [5.74, 6) is 0.571. The average molecular weight is 265 g/mol. The summed E-state index contributed by atoms with van der Waals surface area (Å²) in [7, 11) is 0. The third kappa shape index (κ3) is 2.59. The second-order valence-corrected chi connectivity index (χ2v) is 4.68. The second-order valence-electron chi connectivity index (χ2n) is 3.73. The lowest BCUT2D eigenvalue weighted by molar-refractivity contribution is -0.145. The Morgan fingerprint density at radius 3 is 3.00 bits per heavy atom. The van der Waals surface area contributed by atoms with Crippen molar-refractivity contribution >= 4 is 17.3 Å².